The van der Waals surface area contributed by atoms with E-state index in [2.05, 4.69) is 20.9 Å². The molecular formula is C30H36N6O5. The molecule has 3 amide bonds. The summed E-state index contributed by atoms with van der Waals surface area (Å²) in [5.41, 5.74) is 0.213. The average molecular weight is 561 g/mol. The average Bonchev–Trinajstić information content (AvgIpc) is 3.68. The monoisotopic (exact) mass is 560 g/mol. The van der Waals surface area contributed by atoms with Crippen LogP contribution in [0.15, 0.2) is 54.6 Å². The van der Waals surface area contributed by atoms with Gasteiger partial charge in [0.2, 0.25) is 17.7 Å². The minimum atomic E-state index is -1.09. The number of aromatic nitrogens is 3. The molecule has 2 aromatic carbocycles. The smallest absolute Gasteiger partial charge is 0.247 e. The molecule has 0 aliphatic carbocycles. The van der Waals surface area contributed by atoms with E-state index in [1.807, 2.05) is 61.5 Å². The van der Waals surface area contributed by atoms with Crippen LogP contribution in [-0.2, 0) is 25.8 Å². The summed E-state index contributed by atoms with van der Waals surface area (Å²) in [6.45, 7) is 2.48. The van der Waals surface area contributed by atoms with Gasteiger partial charge in [0.15, 0.2) is 0 Å². The van der Waals surface area contributed by atoms with Crippen molar-refractivity contribution in [1.29, 1.82) is 0 Å². The van der Waals surface area contributed by atoms with E-state index in [0.29, 0.717) is 37.9 Å². The lowest BCUT2D eigenvalue weighted by Gasteiger charge is -2.33. The molecule has 3 N–H and O–H groups in total. The van der Waals surface area contributed by atoms with Gasteiger partial charge in [0.05, 0.1) is 23.0 Å². The summed E-state index contributed by atoms with van der Waals surface area (Å²) in [4.78, 5) is 43.5. The second-order valence-electron chi connectivity index (χ2n) is 11.5. The van der Waals surface area contributed by atoms with Gasteiger partial charge in [-0.25, -0.2) is 4.68 Å². The summed E-state index contributed by atoms with van der Waals surface area (Å²) in [6, 6.07) is 15.8. The summed E-state index contributed by atoms with van der Waals surface area (Å²) >= 11 is 0. The lowest BCUT2D eigenvalue weighted by molar-refractivity contribution is -0.145. The zero-order valence-corrected chi connectivity index (χ0v) is 23.2. The van der Waals surface area contributed by atoms with Gasteiger partial charge in [-0.05, 0) is 56.9 Å². The molecule has 6 rings (SSSR count). The number of para-hydroxylation sites is 2. The predicted molar refractivity (Wildman–Crippen MR) is 150 cm³/mol. The van der Waals surface area contributed by atoms with E-state index in [4.69, 9.17) is 9.84 Å². The molecule has 41 heavy (non-hydrogen) atoms. The number of amides is 3. The molecule has 0 radical (unpaired) electrons. The summed E-state index contributed by atoms with van der Waals surface area (Å²) in [6.07, 6.45) is 4.12. The second-order valence-corrected chi connectivity index (χ2v) is 11.5. The van der Waals surface area contributed by atoms with Gasteiger partial charge in [0.25, 0.3) is 0 Å². The summed E-state index contributed by atoms with van der Waals surface area (Å²) in [7, 11) is 0. The van der Waals surface area contributed by atoms with Crippen LogP contribution in [0.3, 0.4) is 0 Å². The van der Waals surface area contributed by atoms with Gasteiger partial charge in [0.1, 0.15) is 23.8 Å². The Morgan fingerprint density at radius 1 is 1.02 bits per heavy atom. The van der Waals surface area contributed by atoms with Crippen LogP contribution in [0.2, 0.25) is 0 Å². The molecule has 3 aliphatic heterocycles. The fourth-order valence-corrected chi connectivity index (χ4v) is 7.14. The molecule has 0 saturated carbocycles. The number of carbonyl (C=O) groups is 3. The Bertz CT molecular complexity index is 1450. The number of carbonyl (C=O) groups excluding carboxylic acids is 3. The van der Waals surface area contributed by atoms with Crippen LogP contribution in [0.4, 0.5) is 5.69 Å². The van der Waals surface area contributed by atoms with Gasteiger partial charge in [-0.15, -0.1) is 5.10 Å². The molecule has 11 nitrogen and oxygen atoms in total. The number of rotatable bonds is 11. The van der Waals surface area contributed by atoms with Gasteiger partial charge < -0.3 is 25.4 Å². The number of unbranched alkanes of at least 4 members (excludes halogenated alkanes) is 3. The third-order valence-electron chi connectivity index (χ3n) is 8.98. The Kier molecular flexibility index (Phi) is 7.25. The van der Waals surface area contributed by atoms with Crippen LogP contribution in [-0.4, -0.2) is 73.1 Å². The molecule has 2 bridgehead atoms. The number of anilines is 1. The number of benzene rings is 2. The number of fused-ring (bicyclic) bond motifs is 2. The number of hydrogen-bond donors (Lipinski definition) is 3. The number of aliphatic hydroxyl groups is 1. The molecule has 11 heteroatoms. The maximum Gasteiger partial charge on any atom is 0.247 e. The van der Waals surface area contributed by atoms with E-state index < -0.39 is 29.1 Å². The quantitative estimate of drug-likeness (QED) is 0.306. The molecule has 216 valence electrons. The highest BCUT2D eigenvalue weighted by Crippen LogP contribution is 2.63. The van der Waals surface area contributed by atoms with Gasteiger partial charge in [-0.3, -0.25) is 14.4 Å². The third-order valence-corrected chi connectivity index (χ3v) is 8.98. The number of hydrogen-bond acceptors (Lipinski definition) is 7. The van der Waals surface area contributed by atoms with E-state index in [1.165, 1.54) is 0 Å². The Balaban J connectivity index is 1.27. The first-order valence-electron chi connectivity index (χ1n) is 14.4. The van der Waals surface area contributed by atoms with Crippen molar-refractivity contribution < 1.29 is 24.2 Å². The number of likely N-dealkylation sites (tertiary alicyclic amines) is 1. The fourth-order valence-electron chi connectivity index (χ4n) is 7.14. The highest BCUT2D eigenvalue weighted by atomic mass is 16.5. The molecule has 4 heterocycles. The first-order valence-corrected chi connectivity index (χ1v) is 14.4. The van der Waals surface area contributed by atoms with Gasteiger partial charge in [0, 0.05) is 18.8 Å². The van der Waals surface area contributed by atoms with Crippen molar-refractivity contribution in [2.75, 3.05) is 18.5 Å². The van der Waals surface area contributed by atoms with Crippen molar-refractivity contribution >= 4 is 34.4 Å². The molecular weight excluding hydrogens is 524 g/mol. The molecule has 2 unspecified atom stereocenters. The molecule has 3 aliphatic rings. The largest absolute Gasteiger partial charge is 0.396 e. The van der Waals surface area contributed by atoms with Crippen LogP contribution in [0.5, 0.6) is 0 Å². The number of aliphatic hydroxyl groups excluding tert-OH is 1. The highest BCUT2D eigenvalue weighted by molar-refractivity contribution is 6.02. The zero-order chi connectivity index (χ0) is 28.6. The Hall–Kier alpha value is -3.83. The van der Waals surface area contributed by atoms with Crippen molar-refractivity contribution in [1.82, 2.24) is 25.2 Å². The van der Waals surface area contributed by atoms with Crippen molar-refractivity contribution in [3.63, 3.8) is 0 Å². The molecule has 3 saturated heterocycles. The molecule has 1 spiro atoms. The Morgan fingerprint density at radius 3 is 2.59 bits per heavy atom. The Labute approximate surface area is 238 Å². The van der Waals surface area contributed by atoms with E-state index in [9.17, 15) is 14.4 Å². The SMILES string of the molecule is C[C@]12CCC3(O1)C(C(=O)NCn1nnc4ccccc41)N(CCCCCCO)C(=O)[C@@H]3[C@H]2C(=O)Nc1ccccc1. The van der Waals surface area contributed by atoms with Crippen LogP contribution >= 0.6 is 0 Å². The summed E-state index contributed by atoms with van der Waals surface area (Å²) < 4.78 is 8.29. The number of nitrogens with zero attached hydrogens (tertiary/aromatic N) is 4. The third kappa shape index (κ3) is 4.66. The topological polar surface area (TPSA) is 139 Å². The van der Waals surface area contributed by atoms with Crippen LogP contribution in [0, 0.1) is 11.8 Å². The van der Waals surface area contributed by atoms with Crippen molar-refractivity contribution in [3.05, 3.63) is 54.6 Å². The number of ether oxygens (including phenoxy) is 1. The van der Waals surface area contributed by atoms with Crippen LogP contribution in [0.25, 0.3) is 11.0 Å². The first-order chi connectivity index (χ1) is 19.9. The van der Waals surface area contributed by atoms with Crippen molar-refractivity contribution in [2.24, 2.45) is 11.8 Å². The number of nitrogens with one attached hydrogen (secondary N) is 2. The summed E-state index contributed by atoms with van der Waals surface area (Å²) in [5.74, 6) is -2.29. The Morgan fingerprint density at radius 2 is 1.78 bits per heavy atom. The van der Waals surface area contributed by atoms with E-state index in [1.54, 1.807) is 9.58 Å². The molecule has 3 aromatic rings. The fraction of sp³-hybridized carbons (Fsp3) is 0.500. The van der Waals surface area contributed by atoms with Crippen LogP contribution in [0.1, 0.15) is 45.4 Å². The summed E-state index contributed by atoms with van der Waals surface area (Å²) in [5, 5.41) is 23.4. The van der Waals surface area contributed by atoms with Crippen molar-refractivity contribution in [2.45, 2.75) is 69.4 Å². The minimum absolute atomic E-state index is 0.0876. The van der Waals surface area contributed by atoms with E-state index in [-0.39, 0.29) is 31.0 Å². The molecule has 5 atom stereocenters. The maximum atomic E-state index is 14.1. The van der Waals surface area contributed by atoms with E-state index >= 15 is 0 Å². The lowest BCUT2D eigenvalue weighted by Crippen LogP contribution is -2.55. The molecule has 1 aromatic heterocycles. The first kappa shape index (κ1) is 27.3. The zero-order valence-electron chi connectivity index (χ0n) is 23.2. The van der Waals surface area contributed by atoms with Gasteiger partial charge in [-0.2, -0.15) is 0 Å². The normalized spacial score (nSPS) is 28.3. The second kappa shape index (κ2) is 10.9. The molecule has 3 fully saturated rings. The van der Waals surface area contributed by atoms with Crippen LogP contribution < -0.4 is 10.6 Å². The lowest BCUT2D eigenvalue weighted by atomic mass is 9.66. The van der Waals surface area contributed by atoms with Crippen molar-refractivity contribution in [3.8, 4) is 0 Å². The maximum absolute atomic E-state index is 14.1. The van der Waals surface area contributed by atoms with E-state index in [0.717, 1.165) is 23.9 Å². The minimum Gasteiger partial charge on any atom is -0.396 e. The van der Waals surface area contributed by atoms with Gasteiger partial charge in [-0.1, -0.05) is 48.4 Å². The highest BCUT2D eigenvalue weighted by Gasteiger charge is 2.77. The predicted octanol–water partition coefficient (Wildman–Crippen LogP) is 2.46. The standard InChI is InChI=1S/C30H36N6O5/c1-29-15-16-30(41-29)24(23(29)26(38)32-20-11-5-4-6-12-20)28(40)35(17-9-2-3-10-18-37)25(30)27(39)31-19-36-22-14-8-7-13-21(22)33-34-36/h4-8,11-14,23-25,37H,2-3,9-10,15-19H2,1H3,(H,31,39)(H,32,38)/t23-,24-,25?,29+,30?/m0/s1. The van der Waals surface area contributed by atoms with Gasteiger partial charge >= 0.3 is 0 Å².